The first-order valence-electron chi connectivity index (χ1n) is 5.14. The van der Waals surface area contributed by atoms with Gasteiger partial charge in [-0.1, -0.05) is 13.8 Å². The molecule has 0 spiro atoms. The van der Waals surface area contributed by atoms with Gasteiger partial charge < -0.3 is 15.5 Å². The fourth-order valence-electron chi connectivity index (χ4n) is 1.35. The van der Waals surface area contributed by atoms with Gasteiger partial charge in [0, 0.05) is 12.6 Å². The number of anilines is 1. The van der Waals surface area contributed by atoms with Crippen LogP contribution in [0.5, 0.6) is 0 Å². The van der Waals surface area contributed by atoms with Gasteiger partial charge in [-0.05, 0) is 31.4 Å². The zero-order valence-corrected chi connectivity index (χ0v) is 9.21. The Balaban J connectivity index is 2.39. The van der Waals surface area contributed by atoms with Gasteiger partial charge in [-0.25, -0.2) is 0 Å². The molecule has 1 aromatic rings. The highest BCUT2D eigenvalue weighted by molar-refractivity contribution is 5.31. The minimum Gasteiger partial charge on any atom is -0.446 e. The van der Waals surface area contributed by atoms with Crippen LogP contribution in [0.25, 0.3) is 0 Å². The molecule has 0 amide bonds. The molecule has 0 aliphatic rings. The van der Waals surface area contributed by atoms with Gasteiger partial charge in [0.15, 0.2) is 5.88 Å². The van der Waals surface area contributed by atoms with Crippen LogP contribution in [0.15, 0.2) is 16.5 Å². The fourth-order valence-corrected chi connectivity index (χ4v) is 1.35. The van der Waals surface area contributed by atoms with E-state index in [0.29, 0.717) is 18.4 Å². The topological polar surface area (TPSA) is 51.2 Å². The van der Waals surface area contributed by atoms with Crippen molar-refractivity contribution >= 4 is 5.88 Å². The Hall–Kier alpha value is -0.960. The van der Waals surface area contributed by atoms with Gasteiger partial charge >= 0.3 is 0 Å². The normalized spacial score (nSPS) is 13.2. The van der Waals surface area contributed by atoms with Crippen molar-refractivity contribution in [3.05, 3.63) is 17.9 Å². The zero-order chi connectivity index (χ0) is 10.6. The second-order valence-corrected chi connectivity index (χ2v) is 4.03. The number of aryl methyl sites for hydroxylation is 1. The minimum absolute atomic E-state index is 0.500. The number of furan rings is 1. The van der Waals surface area contributed by atoms with Crippen LogP contribution in [0.1, 0.15) is 19.6 Å². The third-order valence-electron chi connectivity index (χ3n) is 2.52. The molecular formula is C11H20N2O. The van der Waals surface area contributed by atoms with Crippen LogP contribution in [-0.2, 0) is 0 Å². The van der Waals surface area contributed by atoms with Crippen LogP contribution < -0.4 is 11.1 Å². The number of hydrogen-bond donors (Lipinski definition) is 2. The Morgan fingerprint density at radius 1 is 1.43 bits per heavy atom. The fraction of sp³-hybridized carbons (Fsp3) is 0.636. The van der Waals surface area contributed by atoms with E-state index in [2.05, 4.69) is 19.2 Å². The summed E-state index contributed by atoms with van der Waals surface area (Å²) in [7, 11) is 0. The van der Waals surface area contributed by atoms with Crippen molar-refractivity contribution < 1.29 is 4.42 Å². The summed E-state index contributed by atoms with van der Waals surface area (Å²) in [6.07, 6.45) is 0. The molecule has 1 aromatic heterocycles. The standard InChI is InChI=1S/C11H20N2O/c1-8(2)10(6-12)7-13-11-5-4-9(3)14-11/h4-5,8,10,13H,6-7,12H2,1-3H3. The molecule has 3 nitrogen and oxygen atoms in total. The average Bonchev–Trinajstić information content (AvgIpc) is 2.52. The monoisotopic (exact) mass is 196 g/mol. The van der Waals surface area contributed by atoms with E-state index < -0.39 is 0 Å². The van der Waals surface area contributed by atoms with Gasteiger partial charge in [0.2, 0.25) is 0 Å². The average molecular weight is 196 g/mol. The minimum atomic E-state index is 0.500. The van der Waals surface area contributed by atoms with Gasteiger partial charge in [0.05, 0.1) is 0 Å². The summed E-state index contributed by atoms with van der Waals surface area (Å²) in [4.78, 5) is 0. The third kappa shape index (κ3) is 3.07. The molecular weight excluding hydrogens is 176 g/mol. The summed E-state index contributed by atoms with van der Waals surface area (Å²) in [6.45, 7) is 7.90. The molecule has 1 unspecified atom stereocenters. The molecule has 0 aliphatic heterocycles. The highest BCUT2D eigenvalue weighted by Crippen LogP contribution is 2.14. The van der Waals surface area contributed by atoms with Crippen LogP contribution in [0.4, 0.5) is 5.88 Å². The lowest BCUT2D eigenvalue weighted by molar-refractivity contribution is 0.408. The van der Waals surface area contributed by atoms with Crippen molar-refractivity contribution in [1.29, 1.82) is 0 Å². The molecule has 0 saturated carbocycles. The van der Waals surface area contributed by atoms with E-state index in [9.17, 15) is 0 Å². The van der Waals surface area contributed by atoms with Gasteiger partial charge in [-0.2, -0.15) is 0 Å². The molecule has 1 heterocycles. The van der Waals surface area contributed by atoms with Gasteiger partial charge in [-0.15, -0.1) is 0 Å². The largest absolute Gasteiger partial charge is 0.446 e. The van der Waals surface area contributed by atoms with E-state index in [0.717, 1.165) is 18.2 Å². The van der Waals surface area contributed by atoms with E-state index >= 15 is 0 Å². The molecule has 14 heavy (non-hydrogen) atoms. The Bertz CT molecular complexity index is 268. The molecule has 0 aromatic carbocycles. The first-order valence-corrected chi connectivity index (χ1v) is 5.14. The van der Waals surface area contributed by atoms with Crippen LogP contribution in [0.3, 0.4) is 0 Å². The van der Waals surface area contributed by atoms with Crippen LogP contribution in [0, 0.1) is 18.8 Å². The Morgan fingerprint density at radius 2 is 2.14 bits per heavy atom. The lowest BCUT2D eigenvalue weighted by Crippen LogP contribution is -2.27. The van der Waals surface area contributed by atoms with E-state index in [-0.39, 0.29) is 0 Å². The van der Waals surface area contributed by atoms with E-state index in [1.54, 1.807) is 0 Å². The molecule has 0 bridgehead atoms. The molecule has 3 heteroatoms. The highest BCUT2D eigenvalue weighted by atomic mass is 16.4. The molecule has 80 valence electrons. The summed E-state index contributed by atoms with van der Waals surface area (Å²) in [5.41, 5.74) is 5.67. The summed E-state index contributed by atoms with van der Waals surface area (Å²) in [6, 6.07) is 3.90. The van der Waals surface area contributed by atoms with E-state index in [4.69, 9.17) is 10.2 Å². The number of nitrogens with one attached hydrogen (secondary N) is 1. The van der Waals surface area contributed by atoms with Crippen LogP contribution in [-0.4, -0.2) is 13.1 Å². The zero-order valence-electron chi connectivity index (χ0n) is 9.21. The molecule has 1 rings (SSSR count). The van der Waals surface area contributed by atoms with Crippen LogP contribution in [0.2, 0.25) is 0 Å². The maximum Gasteiger partial charge on any atom is 0.193 e. The number of hydrogen-bond acceptors (Lipinski definition) is 3. The number of rotatable bonds is 5. The third-order valence-corrected chi connectivity index (χ3v) is 2.52. The molecule has 3 N–H and O–H groups in total. The smallest absolute Gasteiger partial charge is 0.193 e. The predicted octanol–water partition coefficient (Wildman–Crippen LogP) is 2.23. The summed E-state index contributed by atoms with van der Waals surface area (Å²) in [5, 5.41) is 3.25. The summed E-state index contributed by atoms with van der Waals surface area (Å²) >= 11 is 0. The maximum absolute atomic E-state index is 5.67. The van der Waals surface area contributed by atoms with Crippen molar-refractivity contribution in [1.82, 2.24) is 0 Å². The Morgan fingerprint density at radius 3 is 2.57 bits per heavy atom. The quantitative estimate of drug-likeness (QED) is 0.759. The molecule has 1 atom stereocenters. The SMILES string of the molecule is Cc1ccc(NCC(CN)C(C)C)o1. The second kappa shape index (κ2) is 5.05. The van der Waals surface area contributed by atoms with Crippen molar-refractivity contribution in [2.75, 3.05) is 18.4 Å². The summed E-state index contributed by atoms with van der Waals surface area (Å²) in [5.74, 6) is 2.87. The highest BCUT2D eigenvalue weighted by Gasteiger charge is 2.11. The first kappa shape index (κ1) is 11.1. The van der Waals surface area contributed by atoms with Crippen molar-refractivity contribution in [3.63, 3.8) is 0 Å². The van der Waals surface area contributed by atoms with Gasteiger partial charge in [-0.3, -0.25) is 0 Å². The van der Waals surface area contributed by atoms with Crippen molar-refractivity contribution in [2.45, 2.75) is 20.8 Å². The molecule has 0 saturated heterocycles. The van der Waals surface area contributed by atoms with Gasteiger partial charge in [0.25, 0.3) is 0 Å². The van der Waals surface area contributed by atoms with Crippen molar-refractivity contribution in [3.8, 4) is 0 Å². The molecule has 0 aliphatic carbocycles. The van der Waals surface area contributed by atoms with E-state index in [1.807, 2.05) is 19.1 Å². The van der Waals surface area contributed by atoms with E-state index in [1.165, 1.54) is 0 Å². The molecule has 0 radical (unpaired) electrons. The lowest BCUT2D eigenvalue weighted by atomic mass is 9.96. The van der Waals surface area contributed by atoms with Gasteiger partial charge in [0.1, 0.15) is 5.76 Å². The lowest BCUT2D eigenvalue weighted by Gasteiger charge is -2.18. The summed E-state index contributed by atoms with van der Waals surface area (Å²) < 4.78 is 5.41. The second-order valence-electron chi connectivity index (χ2n) is 4.03. The predicted molar refractivity (Wildman–Crippen MR) is 59.3 cm³/mol. The van der Waals surface area contributed by atoms with Crippen LogP contribution >= 0.6 is 0 Å². The maximum atomic E-state index is 5.67. The molecule has 0 fully saturated rings. The first-order chi connectivity index (χ1) is 6.63. The Labute approximate surface area is 85.7 Å². The van der Waals surface area contributed by atoms with Crippen molar-refractivity contribution in [2.24, 2.45) is 17.6 Å². The number of nitrogens with two attached hydrogens (primary N) is 1. The Kier molecular flexibility index (Phi) is 4.01.